The van der Waals surface area contributed by atoms with Crippen molar-refractivity contribution in [3.05, 3.63) is 127 Å². The summed E-state index contributed by atoms with van der Waals surface area (Å²) in [6.45, 7) is 0. The van der Waals surface area contributed by atoms with Crippen LogP contribution in [0.5, 0.6) is 0 Å². The molecule has 10 aromatic rings. The molecule has 3 nitrogen and oxygen atoms in total. The Morgan fingerprint density at radius 2 is 0.778 bits per heavy atom. The van der Waals surface area contributed by atoms with E-state index in [1.165, 1.54) is 60.5 Å². The Bertz CT molecular complexity index is 2650. The van der Waals surface area contributed by atoms with E-state index in [2.05, 4.69) is 127 Å². The minimum atomic E-state index is 0.681. The maximum absolute atomic E-state index is 5.26. The minimum Gasteiger partial charge on any atom is -0.208 e. The first-order valence-electron chi connectivity index (χ1n) is 14.8. The molecule has 4 aromatic heterocycles. The second kappa shape index (κ2) is 9.74. The highest BCUT2D eigenvalue weighted by molar-refractivity contribution is 7.26. The average Bonchev–Trinajstić information content (AvgIpc) is 3.78. The average molecular weight is 628 g/mol. The number of hydrogen-bond donors (Lipinski definition) is 0. The molecule has 10 rings (SSSR count). The van der Waals surface area contributed by atoms with Crippen LogP contribution in [-0.2, 0) is 0 Å². The summed E-state index contributed by atoms with van der Waals surface area (Å²) in [7, 11) is 0. The summed E-state index contributed by atoms with van der Waals surface area (Å²) in [6, 6.07) is 45.4. The third-order valence-corrected chi connectivity index (χ3v) is 12.0. The second-order valence-electron chi connectivity index (χ2n) is 11.2. The summed E-state index contributed by atoms with van der Waals surface area (Å²) in [5.74, 6) is 2.06. The third-order valence-electron chi connectivity index (χ3n) is 8.56. The zero-order valence-electron chi connectivity index (χ0n) is 23.7. The van der Waals surface area contributed by atoms with Gasteiger partial charge >= 0.3 is 0 Å². The van der Waals surface area contributed by atoms with Crippen molar-refractivity contribution < 1.29 is 0 Å². The second-order valence-corrected chi connectivity index (χ2v) is 14.4. The number of thiophene rings is 3. The SMILES string of the molecule is c1ccc2c(c1)sc1ccc(-c3nc(-c4cccc5sc6ccccc6c45)nc(-c4cccc5sc6ccccc6c45)n3)cc12. The molecule has 0 aliphatic carbocycles. The number of hydrogen-bond acceptors (Lipinski definition) is 6. The predicted octanol–water partition coefficient (Wildman–Crippen LogP) is 12.0. The van der Waals surface area contributed by atoms with E-state index < -0.39 is 0 Å². The van der Waals surface area contributed by atoms with E-state index in [0.717, 1.165) is 16.7 Å². The van der Waals surface area contributed by atoms with Crippen molar-refractivity contribution >= 4 is 94.5 Å². The lowest BCUT2D eigenvalue weighted by Crippen LogP contribution is -2.00. The number of rotatable bonds is 3. The lowest BCUT2D eigenvalue weighted by atomic mass is 10.0. The molecule has 0 bridgehead atoms. The Morgan fingerprint density at radius 3 is 1.38 bits per heavy atom. The van der Waals surface area contributed by atoms with Gasteiger partial charge in [0.2, 0.25) is 0 Å². The van der Waals surface area contributed by atoms with Crippen LogP contribution in [0.15, 0.2) is 127 Å². The van der Waals surface area contributed by atoms with Crippen LogP contribution < -0.4 is 0 Å². The van der Waals surface area contributed by atoms with E-state index in [9.17, 15) is 0 Å². The van der Waals surface area contributed by atoms with Crippen molar-refractivity contribution in [1.82, 2.24) is 15.0 Å². The monoisotopic (exact) mass is 627 g/mol. The highest BCUT2D eigenvalue weighted by Gasteiger charge is 2.19. The molecule has 0 amide bonds. The molecule has 4 heterocycles. The van der Waals surface area contributed by atoms with Crippen LogP contribution in [0.1, 0.15) is 0 Å². The van der Waals surface area contributed by atoms with Crippen molar-refractivity contribution in [3.8, 4) is 34.2 Å². The lowest BCUT2D eigenvalue weighted by Gasteiger charge is -2.11. The van der Waals surface area contributed by atoms with E-state index in [0.29, 0.717) is 17.5 Å². The topological polar surface area (TPSA) is 38.7 Å². The molecule has 0 aliphatic heterocycles. The van der Waals surface area contributed by atoms with Gasteiger partial charge in [-0.3, -0.25) is 0 Å². The minimum absolute atomic E-state index is 0.681. The summed E-state index contributed by atoms with van der Waals surface area (Å²) in [5.41, 5.74) is 3.04. The first-order valence-corrected chi connectivity index (χ1v) is 17.2. The highest BCUT2D eigenvalue weighted by Crippen LogP contribution is 2.42. The third kappa shape index (κ3) is 3.90. The van der Waals surface area contributed by atoms with E-state index >= 15 is 0 Å². The fourth-order valence-corrected chi connectivity index (χ4v) is 9.88. The lowest BCUT2D eigenvalue weighted by molar-refractivity contribution is 1.08. The van der Waals surface area contributed by atoms with Crippen LogP contribution in [0.2, 0.25) is 0 Å². The summed E-state index contributed by atoms with van der Waals surface area (Å²) in [5, 5.41) is 7.34. The Morgan fingerprint density at radius 1 is 0.333 bits per heavy atom. The molecule has 0 saturated carbocycles. The van der Waals surface area contributed by atoms with Gasteiger partial charge < -0.3 is 0 Å². The summed E-state index contributed by atoms with van der Waals surface area (Å²) >= 11 is 5.44. The maximum Gasteiger partial charge on any atom is 0.164 e. The van der Waals surface area contributed by atoms with E-state index in [-0.39, 0.29) is 0 Å². The molecular weight excluding hydrogens is 607 g/mol. The van der Waals surface area contributed by atoms with E-state index in [1.54, 1.807) is 0 Å². The van der Waals surface area contributed by atoms with Crippen molar-refractivity contribution in [1.29, 1.82) is 0 Å². The Kier molecular flexibility index (Phi) is 5.49. The van der Waals surface area contributed by atoms with Gasteiger partial charge in [-0.05, 0) is 48.5 Å². The van der Waals surface area contributed by atoms with Gasteiger partial charge in [0.1, 0.15) is 0 Å². The zero-order valence-corrected chi connectivity index (χ0v) is 26.1. The van der Waals surface area contributed by atoms with Crippen LogP contribution in [0, 0.1) is 0 Å². The fraction of sp³-hybridized carbons (Fsp3) is 0. The van der Waals surface area contributed by atoms with Gasteiger partial charge in [-0.15, -0.1) is 34.0 Å². The highest BCUT2D eigenvalue weighted by atomic mass is 32.1. The number of fused-ring (bicyclic) bond motifs is 9. The van der Waals surface area contributed by atoms with Gasteiger partial charge in [-0.25, -0.2) is 15.0 Å². The van der Waals surface area contributed by atoms with E-state index in [4.69, 9.17) is 15.0 Å². The molecule has 210 valence electrons. The van der Waals surface area contributed by atoms with Gasteiger partial charge in [0.25, 0.3) is 0 Å². The van der Waals surface area contributed by atoms with Crippen LogP contribution >= 0.6 is 34.0 Å². The van der Waals surface area contributed by atoms with Gasteiger partial charge in [0.05, 0.1) is 0 Å². The molecule has 6 heteroatoms. The van der Waals surface area contributed by atoms with Crippen LogP contribution in [0.4, 0.5) is 0 Å². The Labute approximate surface area is 269 Å². The number of benzene rings is 6. The summed E-state index contributed by atoms with van der Waals surface area (Å²) in [4.78, 5) is 15.7. The first kappa shape index (κ1) is 25.3. The quantitative estimate of drug-likeness (QED) is 0.196. The molecule has 0 N–H and O–H groups in total. The summed E-state index contributed by atoms with van der Waals surface area (Å²) < 4.78 is 7.54. The molecule has 0 spiro atoms. The molecule has 0 radical (unpaired) electrons. The molecule has 45 heavy (non-hydrogen) atoms. The van der Waals surface area contributed by atoms with Crippen molar-refractivity contribution in [2.75, 3.05) is 0 Å². The van der Waals surface area contributed by atoms with Gasteiger partial charge in [0, 0.05) is 77.2 Å². The van der Waals surface area contributed by atoms with E-state index in [1.807, 2.05) is 34.0 Å². The maximum atomic E-state index is 5.26. The fourth-order valence-electron chi connectivity index (χ4n) is 6.53. The number of aromatic nitrogens is 3. The largest absolute Gasteiger partial charge is 0.208 e. The zero-order chi connectivity index (χ0) is 29.5. The normalized spacial score (nSPS) is 12.0. The van der Waals surface area contributed by atoms with Gasteiger partial charge in [-0.2, -0.15) is 0 Å². The molecule has 0 unspecified atom stereocenters. The summed E-state index contributed by atoms with van der Waals surface area (Å²) in [6.07, 6.45) is 0. The van der Waals surface area contributed by atoms with Gasteiger partial charge in [-0.1, -0.05) is 78.9 Å². The van der Waals surface area contributed by atoms with Crippen molar-refractivity contribution in [3.63, 3.8) is 0 Å². The standard InChI is InChI=1S/C39H21N3S3/c1-4-14-29-23(9-1)28-21-22(19-20-32(28)43-29)37-40-38(26-12-7-17-33-35(26)24-10-2-5-15-30(24)44-33)42-39(41-37)27-13-8-18-34-36(27)25-11-3-6-16-31(25)45-34/h1-21H. The molecular formula is C39H21N3S3. The molecule has 0 atom stereocenters. The molecule has 0 aliphatic rings. The molecule has 0 saturated heterocycles. The Balaban J connectivity index is 1.28. The van der Waals surface area contributed by atoms with Crippen molar-refractivity contribution in [2.45, 2.75) is 0 Å². The van der Waals surface area contributed by atoms with Crippen LogP contribution in [0.25, 0.3) is 94.7 Å². The first-order chi connectivity index (χ1) is 22.3. The predicted molar refractivity (Wildman–Crippen MR) is 195 cm³/mol. The molecule has 6 aromatic carbocycles. The van der Waals surface area contributed by atoms with Crippen LogP contribution in [0.3, 0.4) is 0 Å². The molecule has 0 fully saturated rings. The smallest absolute Gasteiger partial charge is 0.164 e. The van der Waals surface area contributed by atoms with Crippen LogP contribution in [-0.4, -0.2) is 15.0 Å². The van der Waals surface area contributed by atoms with Crippen molar-refractivity contribution in [2.24, 2.45) is 0 Å². The Hall–Kier alpha value is -5.01. The number of nitrogens with zero attached hydrogens (tertiary/aromatic N) is 3. The van der Waals surface area contributed by atoms with Gasteiger partial charge in [0.15, 0.2) is 17.5 Å².